The molecule has 2 unspecified atom stereocenters. The normalized spacial score (nSPS) is 12.7. The predicted octanol–water partition coefficient (Wildman–Crippen LogP) is 2.37. The third-order valence-electron chi connectivity index (χ3n) is 5.12. The minimum Gasteiger partial charge on any atom is -0.508 e. The van der Waals surface area contributed by atoms with Gasteiger partial charge in [0.25, 0.3) is 0 Å². The van der Waals surface area contributed by atoms with Crippen LogP contribution in [-0.4, -0.2) is 52.0 Å². The molecule has 0 aliphatic rings. The van der Waals surface area contributed by atoms with Gasteiger partial charge in [0.15, 0.2) is 0 Å². The maximum atomic E-state index is 13.6. The molecule has 2 aromatic carbocycles. The van der Waals surface area contributed by atoms with Gasteiger partial charge in [0.1, 0.15) is 23.4 Å². The number of likely N-dealkylation sites (N-methyl/N-ethyl adjacent to an activating group) is 1. The molecular formula is C26H34N4O6. The number of hydrogen-bond acceptors (Lipinski definition) is 6. The van der Waals surface area contributed by atoms with Crippen LogP contribution in [0.15, 0.2) is 54.6 Å². The second-order valence-electron chi connectivity index (χ2n) is 9.16. The van der Waals surface area contributed by atoms with E-state index in [9.17, 15) is 24.3 Å². The van der Waals surface area contributed by atoms with E-state index in [0.29, 0.717) is 0 Å². The number of alkyl carbamates (subject to hydrolysis) is 1. The first-order valence-corrected chi connectivity index (χ1v) is 11.6. The molecule has 4 amide bonds. The van der Waals surface area contributed by atoms with E-state index in [0.717, 1.165) is 5.56 Å². The molecule has 0 saturated carbocycles. The lowest BCUT2D eigenvalue weighted by Crippen LogP contribution is -2.54. The molecule has 0 fully saturated rings. The number of nitrogens with two attached hydrogens (primary N) is 1. The summed E-state index contributed by atoms with van der Waals surface area (Å²) in [5.74, 6) is -2.29. The number of rotatable bonds is 10. The number of phenols is 1. The highest BCUT2D eigenvalue weighted by Gasteiger charge is 2.37. The van der Waals surface area contributed by atoms with Crippen LogP contribution in [0.3, 0.4) is 0 Å². The summed E-state index contributed by atoms with van der Waals surface area (Å²) in [4.78, 5) is 52.3. The van der Waals surface area contributed by atoms with Crippen LogP contribution in [0.2, 0.25) is 0 Å². The smallest absolute Gasteiger partial charge is 0.408 e. The molecule has 36 heavy (non-hydrogen) atoms. The molecule has 5 N–H and O–H groups in total. The van der Waals surface area contributed by atoms with Gasteiger partial charge < -0.3 is 31.1 Å². The van der Waals surface area contributed by atoms with Crippen molar-refractivity contribution in [2.45, 2.75) is 58.3 Å². The Hall–Kier alpha value is -4.08. The molecule has 0 heterocycles. The summed E-state index contributed by atoms with van der Waals surface area (Å²) in [6, 6.07) is 12.7. The van der Waals surface area contributed by atoms with Gasteiger partial charge in [0.2, 0.25) is 17.7 Å². The summed E-state index contributed by atoms with van der Waals surface area (Å²) in [7, 11) is 0. The van der Waals surface area contributed by atoms with Crippen LogP contribution in [0.25, 0.3) is 0 Å². The Morgan fingerprint density at radius 1 is 1.03 bits per heavy atom. The standard InChI is InChI=1S/C26H34N4O6/c1-5-30(24(34)19(15-21(27)32)29-25(35)36-26(2,3)4)22(18-13-9-10-14-20(18)31)23(33)28-16-17-11-7-6-8-12-17/h6-14,19,22,31H,5,15-16H2,1-4H3,(H2,27,32)(H,28,33)(H,29,35). The van der Waals surface area contributed by atoms with Gasteiger partial charge in [0.05, 0.1) is 6.42 Å². The van der Waals surface area contributed by atoms with Crippen molar-refractivity contribution >= 4 is 23.8 Å². The average molecular weight is 499 g/mol. The average Bonchev–Trinajstić information content (AvgIpc) is 2.80. The number of nitrogens with one attached hydrogen (secondary N) is 2. The maximum absolute atomic E-state index is 13.6. The number of carbonyl (C=O) groups excluding carboxylic acids is 4. The van der Waals surface area contributed by atoms with Gasteiger partial charge in [-0.05, 0) is 39.3 Å². The quantitative estimate of drug-likeness (QED) is 0.395. The summed E-state index contributed by atoms with van der Waals surface area (Å²) >= 11 is 0. The molecule has 10 heteroatoms. The lowest BCUT2D eigenvalue weighted by molar-refractivity contribution is -0.143. The molecule has 10 nitrogen and oxygen atoms in total. The van der Waals surface area contributed by atoms with Crippen molar-refractivity contribution in [3.63, 3.8) is 0 Å². The number of nitrogens with zero attached hydrogens (tertiary/aromatic N) is 1. The minimum atomic E-state index is -1.38. The highest BCUT2D eigenvalue weighted by molar-refractivity contribution is 5.94. The molecule has 2 rings (SSSR count). The minimum absolute atomic E-state index is 0.0296. The second-order valence-corrected chi connectivity index (χ2v) is 9.16. The van der Waals surface area contributed by atoms with E-state index in [1.807, 2.05) is 30.3 Å². The largest absolute Gasteiger partial charge is 0.508 e. The number of phenolic OH excluding ortho intramolecular Hbond substituents is 1. The van der Waals surface area contributed by atoms with E-state index in [2.05, 4.69) is 10.6 Å². The lowest BCUT2D eigenvalue weighted by atomic mass is 10.0. The van der Waals surface area contributed by atoms with Crippen LogP contribution in [0, 0.1) is 0 Å². The first-order valence-electron chi connectivity index (χ1n) is 11.6. The molecule has 0 aliphatic carbocycles. The van der Waals surface area contributed by atoms with E-state index in [1.54, 1.807) is 39.8 Å². The first kappa shape index (κ1) is 28.2. The fourth-order valence-electron chi connectivity index (χ4n) is 3.57. The molecule has 0 bridgehead atoms. The summed E-state index contributed by atoms with van der Waals surface area (Å²) in [6.45, 7) is 6.83. The van der Waals surface area contributed by atoms with Crippen molar-refractivity contribution in [1.82, 2.24) is 15.5 Å². The SMILES string of the molecule is CCN(C(=O)C(CC(N)=O)NC(=O)OC(C)(C)C)C(C(=O)NCc1ccccc1)c1ccccc1O. The number of aromatic hydroxyl groups is 1. The van der Waals surface area contributed by atoms with Crippen LogP contribution in [0.1, 0.15) is 51.3 Å². The van der Waals surface area contributed by atoms with Crippen molar-refractivity contribution in [3.05, 3.63) is 65.7 Å². The molecule has 0 saturated heterocycles. The zero-order valence-electron chi connectivity index (χ0n) is 21.0. The zero-order valence-corrected chi connectivity index (χ0v) is 21.0. The van der Waals surface area contributed by atoms with E-state index < -0.39 is 47.9 Å². The Kier molecular flexibility index (Phi) is 9.83. The molecule has 2 atom stereocenters. The molecule has 0 radical (unpaired) electrons. The molecule has 0 aromatic heterocycles. The Bertz CT molecular complexity index is 1070. The monoisotopic (exact) mass is 498 g/mol. The van der Waals surface area contributed by atoms with Crippen LogP contribution in [-0.2, 0) is 25.7 Å². The van der Waals surface area contributed by atoms with Gasteiger partial charge in [-0.1, -0.05) is 48.5 Å². The predicted molar refractivity (Wildman–Crippen MR) is 133 cm³/mol. The number of carbonyl (C=O) groups is 4. The Labute approximate surface area is 210 Å². The van der Waals surface area contributed by atoms with Gasteiger partial charge in [-0.2, -0.15) is 0 Å². The molecule has 0 aliphatic heterocycles. The van der Waals surface area contributed by atoms with Gasteiger partial charge in [0, 0.05) is 18.7 Å². The number of ether oxygens (including phenoxy) is 1. The highest BCUT2D eigenvalue weighted by Crippen LogP contribution is 2.29. The molecule has 194 valence electrons. The molecule has 0 spiro atoms. The third kappa shape index (κ3) is 8.30. The van der Waals surface area contributed by atoms with Crippen LogP contribution in [0.5, 0.6) is 5.75 Å². The Morgan fingerprint density at radius 3 is 2.19 bits per heavy atom. The summed E-state index contributed by atoms with van der Waals surface area (Å²) in [5.41, 5.74) is 5.53. The van der Waals surface area contributed by atoms with Gasteiger partial charge in [-0.3, -0.25) is 14.4 Å². The second kappa shape index (κ2) is 12.6. The van der Waals surface area contributed by atoms with Crippen molar-refractivity contribution in [2.24, 2.45) is 5.73 Å². The van der Waals surface area contributed by atoms with E-state index in [1.165, 1.54) is 17.0 Å². The third-order valence-corrected chi connectivity index (χ3v) is 5.12. The number of benzene rings is 2. The number of hydrogen-bond donors (Lipinski definition) is 4. The van der Waals surface area contributed by atoms with E-state index in [4.69, 9.17) is 10.5 Å². The summed E-state index contributed by atoms with van der Waals surface area (Å²) in [5, 5.41) is 15.7. The molecule has 2 aromatic rings. The van der Waals surface area contributed by atoms with E-state index >= 15 is 0 Å². The van der Waals surface area contributed by atoms with Gasteiger partial charge >= 0.3 is 6.09 Å². The summed E-state index contributed by atoms with van der Waals surface area (Å²) < 4.78 is 5.22. The number of primary amides is 1. The number of para-hydroxylation sites is 1. The highest BCUT2D eigenvalue weighted by atomic mass is 16.6. The van der Waals surface area contributed by atoms with Gasteiger partial charge in [-0.25, -0.2) is 4.79 Å². The van der Waals surface area contributed by atoms with Crippen molar-refractivity contribution < 1.29 is 29.0 Å². The zero-order chi connectivity index (χ0) is 26.9. The van der Waals surface area contributed by atoms with Gasteiger partial charge in [-0.15, -0.1) is 0 Å². The number of amides is 4. The van der Waals surface area contributed by atoms with Crippen molar-refractivity contribution in [2.75, 3.05) is 6.54 Å². The first-order chi connectivity index (χ1) is 16.9. The van der Waals surface area contributed by atoms with Crippen molar-refractivity contribution in [3.8, 4) is 5.75 Å². The summed E-state index contributed by atoms with van der Waals surface area (Å²) in [6.07, 6.45) is -1.42. The Balaban J connectivity index is 2.39. The fraction of sp³-hybridized carbons (Fsp3) is 0.385. The van der Waals surface area contributed by atoms with Crippen LogP contribution >= 0.6 is 0 Å². The maximum Gasteiger partial charge on any atom is 0.408 e. The lowest BCUT2D eigenvalue weighted by Gasteiger charge is -2.33. The van der Waals surface area contributed by atoms with Crippen molar-refractivity contribution in [1.29, 1.82) is 0 Å². The van der Waals surface area contributed by atoms with Crippen LogP contribution < -0.4 is 16.4 Å². The molecular weight excluding hydrogens is 464 g/mol. The van der Waals surface area contributed by atoms with E-state index in [-0.39, 0.29) is 24.4 Å². The topological polar surface area (TPSA) is 151 Å². The Morgan fingerprint density at radius 2 is 1.64 bits per heavy atom. The van der Waals surface area contributed by atoms with Crippen LogP contribution in [0.4, 0.5) is 4.79 Å². The fourth-order valence-corrected chi connectivity index (χ4v) is 3.57.